The van der Waals surface area contributed by atoms with E-state index < -0.39 is 5.60 Å². The first-order chi connectivity index (χ1) is 8.53. The number of carbonyl (C=O) groups excluding carboxylic acids is 2. The van der Waals surface area contributed by atoms with Gasteiger partial charge in [0.1, 0.15) is 24.4 Å². The van der Waals surface area contributed by atoms with Gasteiger partial charge in [-0.1, -0.05) is 0 Å². The SMILES string of the molecule is CC(=O)OC[C@H]1C[C@@H]2O[C@@H]2[C@@H]2O[C@]12COC(C)=O. The first-order valence-electron chi connectivity index (χ1n) is 6.13. The molecule has 6 heteroatoms. The van der Waals surface area contributed by atoms with Gasteiger partial charge in [0.25, 0.3) is 0 Å². The van der Waals surface area contributed by atoms with Crippen LogP contribution in [0.2, 0.25) is 0 Å². The van der Waals surface area contributed by atoms with E-state index in [1.807, 2.05) is 0 Å². The molecule has 0 radical (unpaired) electrons. The number of hydrogen-bond acceptors (Lipinski definition) is 6. The summed E-state index contributed by atoms with van der Waals surface area (Å²) in [6.07, 6.45) is 1.12. The molecule has 2 aliphatic heterocycles. The molecule has 3 fully saturated rings. The zero-order valence-electron chi connectivity index (χ0n) is 10.4. The van der Waals surface area contributed by atoms with Gasteiger partial charge in [-0.3, -0.25) is 9.59 Å². The zero-order valence-corrected chi connectivity index (χ0v) is 10.4. The van der Waals surface area contributed by atoms with Crippen molar-refractivity contribution in [1.82, 2.24) is 0 Å². The van der Waals surface area contributed by atoms with E-state index in [0.29, 0.717) is 6.61 Å². The summed E-state index contributed by atoms with van der Waals surface area (Å²) in [4.78, 5) is 21.8. The maximum atomic E-state index is 10.9. The van der Waals surface area contributed by atoms with Crippen molar-refractivity contribution < 1.29 is 28.5 Å². The first kappa shape index (κ1) is 11.9. The van der Waals surface area contributed by atoms with Crippen molar-refractivity contribution in [3.05, 3.63) is 0 Å². The summed E-state index contributed by atoms with van der Waals surface area (Å²) in [5.74, 6) is -0.605. The minimum Gasteiger partial charge on any atom is -0.465 e. The lowest BCUT2D eigenvalue weighted by Crippen LogP contribution is -2.41. The lowest BCUT2D eigenvalue weighted by Gasteiger charge is -2.25. The second-order valence-corrected chi connectivity index (χ2v) is 5.15. The van der Waals surface area contributed by atoms with Crippen LogP contribution in [0.5, 0.6) is 0 Å². The molecule has 1 aliphatic carbocycles. The van der Waals surface area contributed by atoms with E-state index in [1.54, 1.807) is 0 Å². The summed E-state index contributed by atoms with van der Waals surface area (Å²) in [5.41, 5.74) is -0.501. The standard InChI is InChI=1S/C12H16O6/c1-6(13)15-4-8-3-9-10(17-9)11-12(8,18-11)5-16-7(2)14/h8-11H,3-5H2,1-2H3/t8-,9+,10+,11+,12-/m1/s1. The summed E-state index contributed by atoms with van der Waals surface area (Å²) in [7, 11) is 0. The topological polar surface area (TPSA) is 77.7 Å². The third-order valence-electron chi connectivity index (χ3n) is 3.89. The molecule has 0 N–H and O–H groups in total. The van der Waals surface area contributed by atoms with Crippen molar-refractivity contribution in [3.63, 3.8) is 0 Å². The molecule has 18 heavy (non-hydrogen) atoms. The van der Waals surface area contributed by atoms with Gasteiger partial charge in [-0.2, -0.15) is 0 Å². The van der Waals surface area contributed by atoms with Gasteiger partial charge in [0, 0.05) is 19.8 Å². The Labute approximate surface area is 105 Å². The summed E-state index contributed by atoms with van der Waals surface area (Å²) < 4.78 is 21.3. The predicted molar refractivity (Wildman–Crippen MR) is 57.6 cm³/mol. The van der Waals surface area contributed by atoms with E-state index in [2.05, 4.69) is 0 Å². The van der Waals surface area contributed by atoms with Crippen molar-refractivity contribution in [2.45, 2.75) is 44.2 Å². The summed E-state index contributed by atoms with van der Waals surface area (Å²) >= 11 is 0. The van der Waals surface area contributed by atoms with Crippen LogP contribution in [-0.4, -0.2) is 49.1 Å². The van der Waals surface area contributed by atoms with Crippen LogP contribution in [0.3, 0.4) is 0 Å². The Hall–Kier alpha value is -1.14. The van der Waals surface area contributed by atoms with Gasteiger partial charge >= 0.3 is 11.9 Å². The van der Waals surface area contributed by atoms with Crippen molar-refractivity contribution in [2.24, 2.45) is 5.92 Å². The smallest absolute Gasteiger partial charge is 0.302 e. The van der Waals surface area contributed by atoms with E-state index in [-0.39, 0.29) is 42.8 Å². The van der Waals surface area contributed by atoms with Crippen LogP contribution >= 0.6 is 0 Å². The molecule has 2 heterocycles. The number of ether oxygens (including phenoxy) is 4. The van der Waals surface area contributed by atoms with Gasteiger partial charge in [0.2, 0.25) is 0 Å². The molecule has 0 spiro atoms. The van der Waals surface area contributed by atoms with E-state index in [0.717, 1.165) is 6.42 Å². The molecular weight excluding hydrogens is 240 g/mol. The van der Waals surface area contributed by atoms with E-state index in [1.165, 1.54) is 13.8 Å². The number of fused-ring (bicyclic) bond motifs is 3. The quantitative estimate of drug-likeness (QED) is 0.522. The third kappa shape index (κ3) is 1.89. The third-order valence-corrected chi connectivity index (χ3v) is 3.89. The molecule has 6 nitrogen and oxygen atoms in total. The lowest BCUT2D eigenvalue weighted by molar-refractivity contribution is -0.148. The largest absolute Gasteiger partial charge is 0.465 e. The molecular formula is C12H16O6. The van der Waals surface area contributed by atoms with Crippen LogP contribution in [0.25, 0.3) is 0 Å². The highest BCUT2D eigenvalue weighted by molar-refractivity contribution is 5.66. The Morgan fingerprint density at radius 1 is 1.28 bits per heavy atom. The van der Waals surface area contributed by atoms with Gasteiger partial charge in [-0.05, 0) is 6.42 Å². The molecule has 5 atom stereocenters. The molecule has 0 aromatic heterocycles. The first-order valence-corrected chi connectivity index (χ1v) is 6.13. The number of esters is 2. The van der Waals surface area contributed by atoms with Gasteiger partial charge in [-0.25, -0.2) is 0 Å². The van der Waals surface area contributed by atoms with Crippen LogP contribution in [0.1, 0.15) is 20.3 Å². The number of hydrogen-bond donors (Lipinski definition) is 0. The Balaban J connectivity index is 1.66. The molecule has 0 amide bonds. The van der Waals surface area contributed by atoms with Crippen LogP contribution < -0.4 is 0 Å². The highest BCUT2D eigenvalue weighted by Crippen LogP contribution is 2.58. The molecule has 0 aromatic carbocycles. The lowest BCUT2D eigenvalue weighted by atomic mass is 9.80. The molecule has 0 bridgehead atoms. The van der Waals surface area contributed by atoms with E-state index in [9.17, 15) is 9.59 Å². The van der Waals surface area contributed by atoms with Gasteiger partial charge < -0.3 is 18.9 Å². The van der Waals surface area contributed by atoms with Crippen molar-refractivity contribution in [2.75, 3.05) is 13.2 Å². The predicted octanol–water partition coefficient (Wildman–Crippen LogP) is 0.0375. The van der Waals surface area contributed by atoms with Gasteiger partial charge in [-0.15, -0.1) is 0 Å². The Morgan fingerprint density at radius 3 is 2.67 bits per heavy atom. The van der Waals surface area contributed by atoms with Crippen molar-refractivity contribution in [3.8, 4) is 0 Å². The molecule has 0 aromatic rings. The van der Waals surface area contributed by atoms with E-state index in [4.69, 9.17) is 18.9 Å². The second kappa shape index (κ2) is 3.93. The molecule has 1 saturated carbocycles. The molecule has 100 valence electrons. The normalized spacial score (nSPS) is 43.4. The minimum absolute atomic E-state index is 0.0174. The maximum Gasteiger partial charge on any atom is 0.302 e. The molecule has 2 saturated heterocycles. The van der Waals surface area contributed by atoms with Crippen LogP contribution in [0.15, 0.2) is 0 Å². The van der Waals surface area contributed by atoms with Gasteiger partial charge in [0.15, 0.2) is 0 Å². The minimum atomic E-state index is -0.501. The van der Waals surface area contributed by atoms with Gasteiger partial charge in [0.05, 0.1) is 12.7 Å². The zero-order chi connectivity index (χ0) is 12.9. The highest BCUT2D eigenvalue weighted by atomic mass is 16.7. The highest BCUT2D eigenvalue weighted by Gasteiger charge is 2.75. The van der Waals surface area contributed by atoms with Crippen molar-refractivity contribution >= 4 is 11.9 Å². The van der Waals surface area contributed by atoms with E-state index >= 15 is 0 Å². The fraction of sp³-hybridized carbons (Fsp3) is 0.833. The Bertz CT molecular complexity index is 394. The summed E-state index contributed by atoms with van der Waals surface area (Å²) in [6.45, 7) is 3.25. The Kier molecular flexibility index (Phi) is 2.60. The van der Waals surface area contributed by atoms with Crippen LogP contribution in [-0.2, 0) is 28.5 Å². The number of epoxide rings is 2. The number of carbonyl (C=O) groups is 2. The second-order valence-electron chi connectivity index (χ2n) is 5.15. The van der Waals surface area contributed by atoms with Crippen molar-refractivity contribution in [1.29, 1.82) is 0 Å². The fourth-order valence-electron chi connectivity index (χ4n) is 2.84. The average molecular weight is 256 g/mol. The Morgan fingerprint density at radius 2 is 2.00 bits per heavy atom. The fourth-order valence-corrected chi connectivity index (χ4v) is 2.84. The van der Waals surface area contributed by atoms with Crippen LogP contribution in [0.4, 0.5) is 0 Å². The monoisotopic (exact) mass is 256 g/mol. The average Bonchev–Trinajstić information content (AvgIpc) is 3.14. The number of rotatable bonds is 4. The molecule has 0 unspecified atom stereocenters. The molecule has 3 aliphatic rings. The maximum absolute atomic E-state index is 10.9. The van der Waals surface area contributed by atoms with Crippen LogP contribution in [0, 0.1) is 5.92 Å². The molecule has 3 rings (SSSR count). The summed E-state index contributed by atoms with van der Waals surface area (Å²) in [5, 5.41) is 0. The summed E-state index contributed by atoms with van der Waals surface area (Å²) in [6, 6.07) is 0.